The predicted molar refractivity (Wildman–Crippen MR) is 76.8 cm³/mol. The number of nitrogen functional groups attached to an aromatic ring is 1. The number of aromatic nitrogens is 3. The molecule has 3 rings (SSSR count). The second-order valence-electron chi connectivity index (χ2n) is 4.27. The van der Waals surface area contributed by atoms with Crippen LogP contribution in [0.1, 0.15) is 0 Å². The molecular formula is C14H14N4O2. The van der Waals surface area contributed by atoms with Gasteiger partial charge in [-0.05, 0) is 18.2 Å². The van der Waals surface area contributed by atoms with Gasteiger partial charge in [0.15, 0.2) is 5.65 Å². The predicted octanol–water partition coefficient (Wildman–Crippen LogP) is 2.22. The number of anilines is 1. The van der Waals surface area contributed by atoms with Crippen LogP contribution in [-0.4, -0.2) is 29.2 Å². The van der Waals surface area contributed by atoms with Gasteiger partial charge in [0.2, 0.25) is 5.88 Å². The molecule has 0 aliphatic carbocycles. The highest BCUT2D eigenvalue weighted by atomic mass is 16.5. The molecule has 3 aromatic rings. The topological polar surface area (TPSA) is 86.0 Å². The van der Waals surface area contributed by atoms with Crippen molar-refractivity contribution < 1.29 is 9.47 Å². The second-order valence-corrected chi connectivity index (χ2v) is 4.27. The first-order valence-electron chi connectivity index (χ1n) is 6.06. The van der Waals surface area contributed by atoms with E-state index in [9.17, 15) is 0 Å². The molecular weight excluding hydrogens is 256 g/mol. The van der Waals surface area contributed by atoms with Crippen molar-refractivity contribution in [3.63, 3.8) is 0 Å². The van der Waals surface area contributed by atoms with Gasteiger partial charge in [-0.2, -0.15) is 4.98 Å². The Kier molecular flexibility index (Phi) is 2.90. The first-order chi connectivity index (χ1) is 9.71. The number of fused-ring (bicyclic) bond motifs is 1. The van der Waals surface area contributed by atoms with Gasteiger partial charge < -0.3 is 20.2 Å². The molecule has 0 aliphatic heterocycles. The lowest BCUT2D eigenvalue weighted by molar-refractivity contribution is 0.399. The number of nitrogens with zero attached hydrogens (tertiary/aromatic N) is 2. The fraction of sp³-hybridized carbons (Fsp3) is 0.143. The highest BCUT2D eigenvalue weighted by molar-refractivity contribution is 5.78. The van der Waals surface area contributed by atoms with Crippen molar-refractivity contribution in [1.29, 1.82) is 0 Å². The number of nitrogens with two attached hydrogens (primary N) is 1. The zero-order valence-electron chi connectivity index (χ0n) is 11.2. The second kappa shape index (κ2) is 4.73. The number of imidazole rings is 1. The Bertz CT molecular complexity index is 767. The number of benzene rings is 1. The first-order valence-corrected chi connectivity index (χ1v) is 6.06. The van der Waals surface area contributed by atoms with Gasteiger partial charge in [-0.15, -0.1) is 0 Å². The Morgan fingerprint density at radius 3 is 2.65 bits per heavy atom. The Labute approximate surface area is 115 Å². The number of pyridine rings is 1. The van der Waals surface area contributed by atoms with Crippen LogP contribution in [0.4, 0.5) is 5.69 Å². The Balaban J connectivity index is 2.14. The summed E-state index contributed by atoms with van der Waals surface area (Å²) in [7, 11) is 3.17. The lowest BCUT2D eigenvalue weighted by atomic mass is 10.1. The molecule has 0 radical (unpaired) electrons. The molecule has 0 bridgehead atoms. The monoisotopic (exact) mass is 270 g/mol. The Morgan fingerprint density at radius 2 is 1.90 bits per heavy atom. The molecule has 0 atom stereocenters. The summed E-state index contributed by atoms with van der Waals surface area (Å²) in [6.45, 7) is 0. The maximum atomic E-state index is 5.75. The minimum atomic E-state index is 0.528. The van der Waals surface area contributed by atoms with Crippen LogP contribution in [0.25, 0.3) is 22.6 Å². The standard InChI is InChI=1S/C14H14N4O2/c1-19-11-7-8(15)3-4-9(11)13-16-10-5-6-12(20-2)17-14(10)18-13/h3-7H,15H2,1-2H3,(H,16,17,18). The molecule has 102 valence electrons. The van der Waals surface area contributed by atoms with E-state index in [-0.39, 0.29) is 0 Å². The van der Waals surface area contributed by atoms with Crippen molar-refractivity contribution >= 4 is 16.9 Å². The Morgan fingerprint density at radius 1 is 1.05 bits per heavy atom. The molecule has 0 aliphatic rings. The van der Waals surface area contributed by atoms with Gasteiger partial charge in [-0.25, -0.2) is 4.98 Å². The van der Waals surface area contributed by atoms with E-state index in [2.05, 4.69) is 15.0 Å². The van der Waals surface area contributed by atoms with Crippen LogP contribution < -0.4 is 15.2 Å². The van der Waals surface area contributed by atoms with E-state index in [0.29, 0.717) is 28.8 Å². The number of ether oxygens (including phenoxy) is 2. The Hall–Kier alpha value is -2.76. The smallest absolute Gasteiger partial charge is 0.215 e. The van der Waals surface area contributed by atoms with Gasteiger partial charge in [-0.3, -0.25) is 0 Å². The largest absolute Gasteiger partial charge is 0.496 e. The highest BCUT2D eigenvalue weighted by Gasteiger charge is 2.12. The average Bonchev–Trinajstić information content (AvgIpc) is 2.89. The summed E-state index contributed by atoms with van der Waals surface area (Å²) < 4.78 is 10.4. The number of hydrogen-bond donors (Lipinski definition) is 2. The first kappa shape index (κ1) is 12.3. The van der Waals surface area contributed by atoms with Crippen LogP contribution in [0, 0.1) is 0 Å². The van der Waals surface area contributed by atoms with Gasteiger partial charge >= 0.3 is 0 Å². The summed E-state index contributed by atoms with van der Waals surface area (Å²) in [6, 6.07) is 9.09. The van der Waals surface area contributed by atoms with E-state index in [0.717, 1.165) is 11.1 Å². The average molecular weight is 270 g/mol. The molecule has 0 spiro atoms. The summed E-state index contributed by atoms with van der Waals surface area (Å²) in [5, 5.41) is 0. The van der Waals surface area contributed by atoms with E-state index in [1.165, 1.54) is 0 Å². The summed E-state index contributed by atoms with van der Waals surface area (Å²) in [4.78, 5) is 12.0. The van der Waals surface area contributed by atoms with Gasteiger partial charge in [0.25, 0.3) is 0 Å². The van der Waals surface area contributed by atoms with Gasteiger partial charge in [0, 0.05) is 17.8 Å². The quantitative estimate of drug-likeness (QED) is 0.713. The third kappa shape index (κ3) is 2.01. The normalized spacial score (nSPS) is 10.7. The third-order valence-electron chi connectivity index (χ3n) is 3.01. The molecule has 2 heterocycles. The van der Waals surface area contributed by atoms with Crippen LogP contribution in [0.5, 0.6) is 11.6 Å². The van der Waals surface area contributed by atoms with Crippen molar-refractivity contribution in [2.75, 3.05) is 20.0 Å². The number of rotatable bonds is 3. The minimum Gasteiger partial charge on any atom is -0.496 e. The summed E-state index contributed by atoms with van der Waals surface area (Å²) in [6.07, 6.45) is 0. The number of methoxy groups -OCH3 is 2. The van der Waals surface area contributed by atoms with Crippen molar-refractivity contribution in [2.45, 2.75) is 0 Å². The minimum absolute atomic E-state index is 0.528. The fourth-order valence-corrected chi connectivity index (χ4v) is 2.02. The summed E-state index contributed by atoms with van der Waals surface area (Å²) in [5.74, 6) is 1.87. The van der Waals surface area contributed by atoms with Gasteiger partial charge in [-0.1, -0.05) is 0 Å². The third-order valence-corrected chi connectivity index (χ3v) is 3.01. The molecule has 6 heteroatoms. The van der Waals surface area contributed by atoms with E-state index in [1.54, 1.807) is 32.4 Å². The molecule has 0 saturated carbocycles. The fourth-order valence-electron chi connectivity index (χ4n) is 2.02. The molecule has 2 aromatic heterocycles. The van der Waals surface area contributed by atoms with E-state index in [4.69, 9.17) is 15.2 Å². The van der Waals surface area contributed by atoms with Crippen LogP contribution in [0.15, 0.2) is 30.3 Å². The van der Waals surface area contributed by atoms with Crippen molar-refractivity contribution in [3.05, 3.63) is 30.3 Å². The molecule has 6 nitrogen and oxygen atoms in total. The molecule has 0 unspecified atom stereocenters. The summed E-state index contributed by atoms with van der Waals surface area (Å²) in [5.41, 5.74) is 8.66. The SMILES string of the molecule is COc1ccc2[nH]c(-c3ccc(N)cc3OC)nc2n1. The van der Waals surface area contributed by atoms with E-state index in [1.807, 2.05) is 12.1 Å². The maximum Gasteiger partial charge on any atom is 0.215 e. The van der Waals surface area contributed by atoms with Gasteiger partial charge in [0.1, 0.15) is 11.6 Å². The molecule has 0 fully saturated rings. The van der Waals surface area contributed by atoms with Crippen molar-refractivity contribution in [2.24, 2.45) is 0 Å². The molecule has 3 N–H and O–H groups in total. The van der Waals surface area contributed by atoms with Crippen molar-refractivity contribution in [3.8, 4) is 23.0 Å². The number of H-pyrrole nitrogens is 1. The zero-order valence-corrected chi connectivity index (χ0v) is 11.2. The molecule has 0 saturated heterocycles. The van der Waals surface area contributed by atoms with E-state index >= 15 is 0 Å². The molecule has 1 aromatic carbocycles. The highest BCUT2D eigenvalue weighted by Crippen LogP contribution is 2.31. The maximum absolute atomic E-state index is 5.75. The van der Waals surface area contributed by atoms with Crippen LogP contribution >= 0.6 is 0 Å². The van der Waals surface area contributed by atoms with Crippen molar-refractivity contribution in [1.82, 2.24) is 15.0 Å². The van der Waals surface area contributed by atoms with Gasteiger partial charge in [0.05, 0.1) is 25.3 Å². The number of hydrogen-bond acceptors (Lipinski definition) is 5. The lowest BCUT2D eigenvalue weighted by Crippen LogP contribution is -1.92. The number of aromatic amines is 1. The van der Waals surface area contributed by atoms with Crippen LogP contribution in [0.2, 0.25) is 0 Å². The van der Waals surface area contributed by atoms with Crippen LogP contribution in [0.3, 0.4) is 0 Å². The summed E-state index contributed by atoms with van der Waals surface area (Å²) >= 11 is 0. The lowest BCUT2D eigenvalue weighted by Gasteiger charge is -2.06. The number of nitrogens with one attached hydrogen (secondary N) is 1. The molecule has 20 heavy (non-hydrogen) atoms. The zero-order chi connectivity index (χ0) is 14.1. The van der Waals surface area contributed by atoms with Crippen LogP contribution in [-0.2, 0) is 0 Å². The van der Waals surface area contributed by atoms with E-state index < -0.39 is 0 Å². The molecule has 0 amide bonds.